The van der Waals surface area contributed by atoms with Gasteiger partial charge in [0.05, 0.1) is 11.3 Å². The fourth-order valence-corrected chi connectivity index (χ4v) is 2.46. The van der Waals surface area contributed by atoms with Crippen LogP contribution >= 0.6 is 15.9 Å². The molecule has 0 radical (unpaired) electrons. The highest BCUT2D eigenvalue weighted by molar-refractivity contribution is 9.10. The molecule has 1 nitrogen and oxygen atoms in total. The SMILES string of the molecule is FC(F)(Br)C(C#Cc1ccccc1)=Nc1ccccc1C#Cc1ccccc1. The molecule has 0 heterocycles. The zero-order valence-corrected chi connectivity index (χ0v) is 16.3. The second kappa shape index (κ2) is 9.13. The van der Waals surface area contributed by atoms with Crippen molar-refractivity contribution in [2.75, 3.05) is 0 Å². The van der Waals surface area contributed by atoms with Crippen molar-refractivity contribution in [3.8, 4) is 23.7 Å². The molecular formula is C24H14BrF2N. The van der Waals surface area contributed by atoms with Crippen LogP contribution in [0.3, 0.4) is 0 Å². The summed E-state index contributed by atoms with van der Waals surface area (Å²) in [6, 6.07) is 25.2. The molecule has 0 bridgehead atoms. The summed E-state index contributed by atoms with van der Waals surface area (Å²) in [5, 5.41) is 0. The lowest BCUT2D eigenvalue weighted by Crippen LogP contribution is -2.19. The Morgan fingerprint density at radius 3 is 1.86 bits per heavy atom. The zero-order chi connectivity index (χ0) is 19.8. The van der Waals surface area contributed by atoms with E-state index in [1.165, 1.54) is 0 Å². The normalized spacial score (nSPS) is 11.0. The van der Waals surface area contributed by atoms with Crippen LogP contribution in [-0.2, 0) is 0 Å². The molecule has 0 fully saturated rings. The molecule has 4 heteroatoms. The number of rotatable bonds is 2. The van der Waals surface area contributed by atoms with E-state index in [0.29, 0.717) is 16.8 Å². The molecule has 0 saturated carbocycles. The smallest absolute Gasteiger partial charge is 0.236 e. The first-order valence-corrected chi connectivity index (χ1v) is 9.21. The van der Waals surface area contributed by atoms with Crippen LogP contribution in [0.25, 0.3) is 0 Å². The van der Waals surface area contributed by atoms with Crippen LogP contribution in [-0.4, -0.2) is 10.5 Å². The Labute approximate surface area is 171 Å². The molecule has 0 N–H and O–H groups in total. The summed E-state index contributed by atoms with van der Waals surface area (Å²) in [5.74, 6) is 11.2. The highest BCUT2D eigenvalue weighted by atomic mass is 79.9. The van der Waals surface area contributed by atoms with Gasteiger partial charge in [0.15, 0.2) is 5.71 Å². The number of aliphatic imine (C=N–C) groups is 1. The van der Waals surface area contributed by atoms with E-state index in [-0.39, 0.29) is 0 Å². The average molecular weight is 434 g/mol. The maximum Gasteiger partial charge on any atom is 0.350 e. The zero-order valence-electron chi connectivity index (χ0n) is 14.7. The lowest BCUT2D eigenvalue weighted by Gasteiger charge is -2.07. The fraction of sp³-hybridized carbons (Fsp3) is 0.0417. The van der Waals surface area contributed by atoms with Crippen molar-refractivity contribution in [1.82, 2.24) is 0 Å². The van der Waals surface area contributed by atoms with Crippen molar-refractivity contribution >= 4 is 27.3 Å². The second-order valence-electron chi connectivity index (χ2n) is 5.71. The van der Waals surface area contributed by atoms with Gasteiger partial charge in [-0.05, 0) is 58.2 Å². The van der Waals surface area contributed by atoms with Gasteiger partial charge in [-0.25, -0.2) is 4.99 Å². The monoisotopic (exact) mass is 433 g/mol. The van der Waals surface area contributed by atoms with Crippen molar-refractivity contribution in [3.05, 3.63) is 102 Å². The van der Waals surface area contributed by atoms with Gasteiger partial charge in [-0.3, -0.25) is 0 Å². The third-order valence-electron chi connectivity index (χ3n) is 3.62. The van der Waals surface area contributed by atoms with E-state index >= 15 is 0 Å². The Morgan fingerprint density at radius 2 is 1.25 bits per heavy atom. The van der Waals surface area contributed by atoms with Crippen LogP contribution in [0.1, 0.15) is 16.7 Å². The van der Waals surface area contributed by atoms with E-state index in [1.807, 2.05) is 36.4 Å². The van der Waals surface area contributed by atoms with Gasteiger partial charge in [-0.1, -0.05) is 66.3 Å². The number of hydrogen-bond acceptors (Lipinski definition) is 1. The predicted octanol–water partition coefficient (Wildman–Crippen LogP) is 6.20. The Kier molecular flexibility index (Phi) is 6.37. The van der Waals surface area contributed by atoms with Gasteiger partial charge in [0.2, 0.25) is 0 Å². The molecule has 0 aliphatic carbocycles. The number of alkyl halides is 3. The molecule has 0 amide bonds. The van der Waals surface area contributed by atoms with Crippen LogP contribution in [0, 0.1) is 23.7 Å². The Balaban J connectivity index is 2.00. The minimum absolute atomic E-state index is 0.336. The molecule has 3 aromatic rings. The van der Waals surface area contributed by atoms with Crippen LogP contribution in [0.5, 0.6) is 0 Å². The molecule has 0 unspecified atom stereocenters. The summed E-state index contributed by atoms with van der Waals surface area (Å²) in [7, 11) is 0. The number of nitrogens with zero attached hydrogens (tertiary/aromatic N) is 1. The molecule has 0 aromatic heterocycles. The van der Waals surface area contributed by atoms with Gasteiger partial charge in [0, 0.05) is 11.1 Å². The van der Waals surface area contributed by atoms with Crippen molar-refractivity contribution in [2.24, 2.45) is 4.99 Å². The third-order valence-corrected chi connectivity index (χ3v) is 3.99. The molecule has 0 atom stereocenters. The molecule has 0 aliphatic heterocycles. The molecule has 0 saturated heterocycles. The topological polar surface area (TPSA) is 12.4 Å². The van der Waals surface area contributed by atoms with Crippen molar-refractivity contribution in [2.45, 2.75) is 4.83 Å². The van der Waals surface area contributed by atoms with Crippen molar-refractivity contribution in [1.29, 1.82) is 0 Å². The minimum atomic E-state index is -3.35. The maximum atomic E-state index is 14.0. The summed E-state index contributed by atoms with van der Waals surface area (Å²) >= 11 is 2.37. The number of benzene rings is 3. The van der Waals surface area contributed by atoms with E-state index in [9.17, 15) is 8.78 Å². The molecule has 3 aromatic carbocycles. The number of hydrogen-bond donors (Lipinski definition) is 0. The van der Waals surface area contributed by atoms with E-state index in [1.54, 1.807) is 48.5 Å². The molecule has 0 spiro atoms. The number of halogens is 3. The molecule has 28 heavy (non-hydrogen) atoms. The molecular weight excluding hydrogens is 420 g/mol. The van der Waals surface area contributed by atoms with Gasteiger partial charge in [0.25, 0.3) is 0 Å². The van der Waals surface area contributed by atoms with Crippen molar-refractivity contribution < 1.29 is 8.78 Å². The first-order chi connectivity index (χ1) is 13.5. The lowest BCUT2D eigenvalue weighted by molar-refractivity contribution is 0.195. The van der Waals surface area contributed by atoms with Crippen LogP contribution in [0.2, 0.25) is 0 Å². The van der Waals surface area contributed by atoms with Crippen LogP contribution in [0.15, 0.2) is 89.9 Å². The molecule has 0 aliphatic rings. The third kappa shape index (κ3) is 5.64. The first kappa shape index (κ1) is 19.5. The second-order valence-corrected chi connectivity index (χ2v) is 6.70. The summed E-state index contributed by atoms with van der Waals surface area (Å²) in [6.07, 6.45) is 0. The largest absolute Gasteiger partial charge is 0.350 e. The van der Waals surface area contributed by atoms with Crippen molar-refractivity contribution in [3.63, 3.8) is 0 Å². The molecule has 3 rings (SSSR count). The fourth-order valence-electron chi connectivity index (χ4n) is 2.27. The highest BCUT2D eigenvalue weighted by Gasteiger charge is 2.31. The first-order valence-electron chi connectivity index (χ1n) is 8.41. The van der Waals surface area contributed by atoms with Crippen LogP contribution in [0.4, 0.5) is 14.5 Å². The van der Waals surface area contributed by atoms with E-state index < -0.39 is 10.5 Å². The van der Waals surface area contributed by atoms with Gasteiger partial charge in [0.1, 0.15) is 0 Å². The van der Waals surface area contributed by atoms with E-state index in [4.69, 9.17) is 0 Å². The summed E-state index contributed by atoms with van der Waals surface area (Å²) in [5.41, 5.74) is 1.76. The Hall–Kier alpha value is -3.21. The maximum absolute atomic E-state index is 14.0. The summed E-state index contributed by atoms with van der Waals surface area (Å²) < 4.78 is 28.0. The predicted molar refractivity (Wildman–Crippen MR) is 113 cm³/mol. The summed E-state index contributed by atoms with van der Waals surface area (Å²) in [4.78, 5) is 0.748. The highest BCUT2D eigenvalue weighted by Crippen LogP contribution is 2.27. The van der Waals surface area contributed by atoms with E-state index in [2.05, 4.69) is 44.6 Å². The van der Waals surface area contributed by atoms with Gasteiger partial charge in [-0.2, -0.15) is 8.78 Å². The van der Waals surface area contributed by atoms with Gasteiger partial charge in [-0.15, -0.1) is 0 Å². The Bertz CT molecular complexity index is 1090. The summed E-state index contributed by atoms with van der Waals surface area (Å²) in [6.45, 7) is 0. The van der Waals surface area contributed by atoms with Gasteiger partial charge >= 0.3 is 4.83 Å². The minimum Gasteiger partial charge on any atom is -0.236 e. The van der Waals surface area contributed by atoms with Crippen LogP contribution < -0.4 is 0 Å². The average Bonchev–Trinajstić information content (AvgIpc) is 2.71. The van der Waals surface area contributed by atoms with Gasteiger partial charge < -0.3 is 0 Å². The lowest BCUT2D eigenvalue weighted by atomic mass is 10.1. The Morgan fingerprint density at radius 1 is 0.714 bits per heavy atom. The standard InChI is InChI=1S/C24H14BrF2N/c25-24(26,27)23(18-16-20-11-5-2-6-12-20)28-22-14-8-7-13-21(22)17-15-19-9-3-1-4-10-19/h1-14H. The van der Waals surface area contributed by atoms with E-state index in [0.717, 1.165) is 5.56 Å². The molecule has 136 valence electrons. The number of para-hydroxylation sites is 1. The quantitative estimate of drug-likeness (QED) is 0.259.